The van der Waals surface area contributed by atoms with Crippen LogP contribution in [0.3, 0.4) is 0 Å². The van der Waals surface area contributed by atoms with E-state index in [4.69, 9.17) is 9.47 Å². The number of carbonyl (C=O) groups excluding carboxylic acids is 2. The van der Waals surface area contributed by atoms with E-state index in [-0.39, 0.29) is 30.2 Å². The third-order valence-corrected chi connectivity index (χ3v) is 8.14. The molecule has 10 nitrogen and oxygen atoms in total. The van der Waals surface area contributed by atoms with Crippen LogP contribution in [0, 0.1) is 11.8 Å². The van der Waals surface area contributed by atoms with E-state index in [0.29, 0.717) is 39.2 Å². The van der Waals surface area contributed by atoms with Gasteiger partial charge >= 0.3 is 0 Å². The highest BCUT2D eigenvalue weighted by Gasteiger charge is 2.31. The normalized spacial score (nSPS) is 23.3. The molecule has 0 unspecified atom stereocenters. The maximum Gasteiger partial charge on any atom is 0.236 e. The molecule has 0 spiro atoms. The zero-order valence-electron chi connectivity index (χ0n) is 24.6. The van der Waals surface area contributed by atoms with Crippen molar-refractivity contribution in [3.8, 4) is 5.75 Å². The average molecular weight is 557 g/mol. The van der Waals surface area contributed by atoms with Gasteiger partial charge in [0.2, 0.25) is 11.8 Å². The Morgan fingerprint density at radius 1 is 1.12 bits per heavy atom. The Morgan fingerprint density at radius 3 is 2.75 bits per heavy atom. The minimum atomic E-state index is 0.0903. The quantitative estimate of drug-likeness (QED) is 0.436. The van der Waals surface area contributed by atoms with Gasteiger partial charge in [-0.1, -0.05) is 12.2 Å². The lowest BCUT2D eigenvalue weighted by Crippen LogP contribution is -2.47. The number of morpholine rings is 1. The zero-order valence-corrected chi connectivity index (χ0v) is 24.6. The highest BCUT2D eigenvalue weighted by Crippen LogP contribution is 2.29. The number of hydrogen-bond acceptors (Lipinski definition) is 8. The fraction of sp³-hybridized carbons (Fsp3) is 0.667. The van der Waals surface area contributed by atoms with Gasteiger partial charge in [0.1, 0.15) is 12.4 Å². The number of anilines is 1. The van der Waals surface area contributed by atoms with Crippen LogP contribution in [0.5, 0.6) is 5.75 Å². The third kappa shape index (κ3) is 9.19. The first-order valence-electron chi connectivity index (χ1n) is 14.7. The lowest BCUT2D eigenvalue weighted by Gasteiger charge is -2.37. The number of nitrogens with one attached hydrogen (secondary N) is 2. The summed E-state index contributed by atoms with van der Waals surface area (Å²) < 4.78 is 11.6. The maximum atomic E-state index is 13.1. The molecule has 2 fully saturated rings. The molecule has 2 amide bonds. The van der Waals surface area contributed by atoms with Crippen LogP contribution in [0.4, 0.5) is 5.69 Å². The predicted molar refractivity (Wildman–Crippen MR) is 158 cm³/mol. The predicted octanol–water partition coefficient (Wildman–Crippen LogP) is 1.03. The van der Waals surface area contributed by atoms with Gasteiger partial charge in [-0.2, -0.15) is 0 Å². The molecule has 0 aromatic heterocycles. The van der Waals surface area contributed by atoms with Crippen molar-refractivity contribution in [2.24, 2.45) is 11.8 Å². The molecule has 10 heteroatoms. The molecular formula is C30H48N6O4. The maximum absolute atomic E-state index is 13.1. The van der Waals surface area contributed by atoms with Crippen molar-refractivity contribution in [3.63, 3.8) is 0 Å². The summed E-state index contributed by atoms with van der Waals surface area (Å²) in [6.07, 6.45) is 5.50. The average Bonchev–Trinajstić information content (AvgIpc) is 2.96. The van der Waals surface area contributed by atoms with Crippen molar-refractivity contribution in [3.05, 3.63) is 35.9 Å². The van der Waals surface area contributed by atoms with E-state index in [2.05, 4.69) is 64.7 Å². The van der Waals surface area contributed by atoms with Crippen molar-refractivity contribution < 1.29 is 19.1 Å². The van der Waals surface area contributed by atoms with Crippen LogP contribution in [0.15, 0.2) is 30.4 Å². The second-order valence-corrected chi connectivity index (χ2v) is 11.4. The molecule has 1 aromatic rings. The van der Waals surface area contributed by atoms with Crippen LogP contribution >= 0.6 is 0 Å². The van der Waals surface area contributed by atoms with E-state index >= 15 is 0 Å². The topological polar surface area (TPSA) is 89.6 Å². The minimum absolute atomic E-state index is 0.0903. The summed E-state index contributed by atoms with van der Waals surface area (Å²) in [6, 6.07) is 6.27. The smallest absolute Gasteiger partial charge is 0.236 e. The molecule has 222 valence electrons. The number of fused-ring (bicyclic) bond motifs is 3. The Balaban J connectivity index is 1.36. The number of carbonyl (C=O) groups is 2. The second-order valence-electron chi connectivity index (χ2n) is 11.4. The van der Waals surface area contributed by atoms with E-state index in [9.17, 15) is 9.59 Å². The summed E-state index contributed by atoms with van der Waals surface area (Å²) in [5, 5.41) is 6.46. The molecule has 0 saturated carbocycles. The first-order chi connectivity index (χ1) is 19.4. The lowest BCUT2D eigenvalue weighted by molar-refractivity contribution is -0.132. The molecule has 0 aliphatic carbocycles. The van der Waals surface area contributed by atoms with Gasteiger partial charge in [-0.25, -0.2) is 0 Å². The van der Waals surface area contributed by atoms with Crippen LogP contribution in [0.25, 0.3) is 0 Å². The summed E-state index contributed by atoms with van der Waals surface area (Å²) in [5.41, 5.74) is 2.17. The molecular weight excluding hydrogens is 508 g/mol. The number of amides is 2. The first-order valence-corrected chi connectivity index (χ1v) is 14.7. The molecule has 4 rings (SSSR count). The Bertz CT molecular complexity index is 996. The number of nitrogens with zero attached hydrogens (tertiary/aromatic N) is 4. The van der Waals surface area contributed by atoms with Gasteiger partial charge in [0.15, 0.2) is 0 Å². The van der Waals surface area contributed by atoms with Gasteiger partial charge in [-0.05, 0) is 50.6 Å². The molecule has 1 aromatic carbocycles. The van der Waals surface area contributed by atoms with E-state index in [1.54, 1.807) is 0 Å². The van der Waals surface area contributed by atoms with Crippen molar-refractivity contribution in [2.75, 3.05) is 105 Å². The number of hydrogen-bond donors (Lipinski definition) is 2. The van der Waals surface area contributed by atoms with Gasteiger partial charge in [-0.15, -0.1) is 0 Å². The Labute approximate surface area is 239 Å². The van der Waals surface area contributed by atoms with Gasteiger partial charge < -0.3 is 34.8 Å². The summed E-state index contributed by atoms with van der Waals surface area (Å²) in [7, 11) is 6.25. The standard InChI is InChI=1S/C30H48N6O4/c1-33(2)12-13-34(3)27-6-7-28-26(19-27)21-31-22-30(38)36-10-8-24(25(23-36)5-4-16-40-28)20-29(37)32-9-11-35-14-17-39-18-15-35/h4-7,19,24-25,31H,8-18,20-23H2,1-3H3,(H,32,37)/b5-4-/t24-,25-/m0/s1. The number of piperidine rings is 1. The molecule has 2 saturated heterocycles. The van der Waals surface area contributed by atoms with E-state index in [1.165, 1.54) is 0 Å². The molecule has 2 N–H and O–H groups in total. The first kappa shape index (κ1) is 30.3. The second kappa shape index (κ2) is 15.4. The molecule has 2 bridgehead atoms. The highest BCUT2D eigenvalue weighted by molar-refractivity contribution is 5.79. The van der Waals surface area contributed by atoms with Crippen molar-refractivity contribution in [1.29, 1.82) is 0 Å². The van der Waals surface area contributed by atoms with Crippen LogP contribution in [-0.2, 0) is 20.9 Å². The van der Waals surface area contributed by atoms with Gasteiger partial charge in [0.25, 0.3) is 0 Å². The van der Waals surface area contributed by atoms with Crippen molar-refractivity contribution >= 4 is 17.5 Å². The Hall–Kier alpha value is -2.66. The fourth-order valence-corrected chi connectivity index (χ4v) is 5.56. The SMILES string of the molecule is CN(C)CCN(C)c1ccc2c(c1)CNCC(=O)N1CC[C@@H](CC(=O)NCCN3CCOCC3)[C@@H](/C=C\CO2)C1. The molecule has 40 heavy (non-hydrogen) atoms. The molecule has 3 heterocycles. The Morgan fingerprint density at radius 2 is 1.95 bits per heavy atom. The highest BCUT2D eigenvalue weighted by atomic mass is 16.5. The fourth-order valence-electron chi connectivity index (χ4n) is 5.56. The number of benzene rings is 1. The largest absolute Gasteiger partial charge is 0.489 e. The van der Waals surface area contributed by atoms with Crippen LogP contribution in [0.1, 0.15) is 18.4 Å². The monoisotopic (exact) mass is 556 g/mol. The summed E-state index contributed by atoms with van der Waals surface area (Å²) in [6.45, 7) is 9.38. The van der Waals surface area contributed by atoms with Gasteiger partial charge in [0, 0.05) is 83.6 Å². The number of likely N-dealkylation sites (N-methyl/N-ethyl adjacent to an activating group) is 2. The lowest BCUT2D eigenvalue weighted by atomic mass is 9.82. The van der Waals surface area contributed by atoms with E-state index in [0.717, 1.165) is 69.4 Å². The van der Waals surface area contributed by atoms with Crippen molar-refractivity contribution in [1.82, 2.24) is 25.3 Å². The van der Waals surface area contributed by atoms with Crippen LogP contribution in [0.2, 0.25) is 0 Å². The summed E-state index contributed by atoms with van der Waals surface area (Å²) in [5.74, 6) is 1.35. The minimum Gasteiger partial charge on any atom is -0.489 e. The van der Waals surface area contributed by atoms with Gasteiger partial charge in [-0.3, -0.25) is 14.5 Å². The van der Waals surface area contributed by atoms with E-state index in [1.807, 2.05) is 17.0 Å². The molecule has 2 atom stereocenters. The molecule has 0 radical (unpaired) electrons. The number of ether oxygens (including phenoxy) is 2. The zero-order chi connectivity index (χ0) is 28.3. The third-order valence-electron chi connectivity index (χ3n) is 8.14. The summed E-state index contributed by atoms with van der Waals surface area (Å²) in [4.78, 5) is 34.5. The summed E-state index contributed by atoms with van der Waals surface area (Å²) >= 11 is 0. The number of rotatable bonds is 9. The molecule has 3 aliphatic rings. The van der Waals surface area contributed by atoms with Crippen molar-refractivity contribution in [2.45, 2.75) is 19.4 Å². The van der Waals surface area contributed by atoms with Crippen LogP contribution < -0.4 is 20.3 Å². The van der Waals surface area contributed by atoms with E-state index < -0.39 is 0 Å². The van der Waals surface area contributed by atoms with Crippen LogP contribution in [-0.4, -0.2) is 126 Å². The Kier molecular flexibility index (Phi) is 11.6. The molecule has 3 aliphatic heterocycles. The van der Waals surface area contributed by atoms with Gasteiger partial charge in [0.05, 0.1) is 19.8 Å².